The summed E-state index contributed by atoms with van der Waals surface area (Å²) in [6, 6.07) is 4.88. The number of esters is 1. The molecule has 114 valence electrons. The summed E-state index contributed by atoms with van der Waals surface area (Å²) in [7, 11) is 0. The van der Waals surface area contributed by atoms with E-state index in [1.54, 1.807) is 0 Å². The fourth-order valence-electron chi connectivity index (χ4n) is 1.49. The molecule has 0 bridgehead atoms. The molecular formula is C13H7F2NO5S. The number of nitrogens with zero attached hydrogens (tertiary/aromatic N) is 1. The number of carbonyl (C=O) groups is 2. The Hall–Kier alpha value is -2.68. The Balaban J connectivity index is 1.99. The average Bonchev–Trinajstić information content (AvgIpc) is 2.97. The molecule has 6 nitrogen and oxygen atoms in total. The van der Waals surface area contributed by atoms with Crippen molar-refractivity contribution in [1.29, 1.82) is 0 Å². The van der Waals surface area contributed by atoms with Crippen LogP contribution in [0.25, 0.3) is 0 Å². The van der Waals surface area contributed by atoms with Crippen molar-refractivity contribution in [2.24, 2.45) is 0 Å². The second-order valence-corrected chi connectivity index (χ2v) is 5.09. The maximum Gasteiger partial charge on any atom is 0.349 e. The second kappa shape index (κ2) is 6.39. The van der Waals surface area contributed by atoms with Crippen LogP contribution in [-0.2, 0) is 4.74 Å². The van der Waals surface area contributed by atoms with E-state index in [9.17, 15) is 28.5 Å². The number of hydrogen-bond donors (Lipinski definition) is 0. The van der Waals surface area contributed by atoms with Crippen LogP contribution in [0.3, 0.4) is 0 Å². The van der Waals surface area contributed by atoms with Gasteiger partial charge in [-0.25, -0.2) is 13.6 Å². The van der Waals surface area contributed by atoms with Gasteiger partial charge in [0.1, 0.15) is 4.88 Å². The fraction of sp³-hybridized carbons (Fsp3) is 0.0769. The molecule has 0 aliphatic heterocycles. The van der Waals surface area contributed by atoms with Gasteiger partial charge >= 0.3 is 11.0 Å². The molecule has 1 aromatic heterocycles. The number of rotatable bonds is 5. The molecule has 0 aliphatic carbocycles. The summed E-state index contributed by atoms with van der Waals surface area (Å²) in [6.07, 6.45) is 0. The quantitative estimate of drug-likeness (QED) is 0.365. The predicted octanol–water partition coefficient (Wildman–Crippen LogP) is 2.97. The molecule has 0 saturated carbocycles. The minimum absolute atomic E-state index is 0.0372. The molecule has 2 rings (SSSR count). The Kier molecular flexibility index (Phi) is 4.56. The lowest BCUT2D eigenvalue weighted by Gasteiger charge is -2.03. The third-order valence-corrected chi connectivity index (χ3v) is 3.57. The molecule has 9 heteroatoms. The third-order valence-electron chi connectivity index (χ3n) is 2.55. The van der Waals surface area contributed by atoms with Gasteiger partial charge in [0.05, 0.1) is 4.92 Å². The first-order valence-corrected chi connectivity index (χ1v) is 6.59. The molecule has 0 radical (unpaired) electrons. The lowest BCUT2D eigenvalue weighted by Crippen LogP contribution is -2.13. The number of Topliss-reactive ketones (excluding diaryl/α,β-unsaturated/α-hetero) is 1. The van der Waals surface area contributed by atoms with Crippen molar-refractivity contribution >= 4 is 28.1 Å². The fourth-order valence-corrected chi connectivity index (χ4v) is 2.20. The molecule has 0 N–H and O–H groups in total. The van der Waals surface area contributed by atoms with Crippen molar-refractivity contribution in [3.8, 4) is 0 Å². The highest BCUT2D eigenvalue weighted by atomic mass is 32.1. The standard InChI is InChI=1S/C13H7F2NO5S/c14-8-2-1-7(5-9(8)15)10(17)6-21-13(18)11-3-4-12(22-11)16(19)20/h1-5H,6H2. The van der Waals surface area contributed by atoms with Crippen LogP contribution in [0.5, 0.6) is 0 Å². The summed E-state index contributed by atoms with van der Waals surface area (Å²) in [4.78, 5) is 33.1. The van der Waals surface area contributed by atoms with Gasteiger partial charge in [-0.05, 0) is 24.3 Å². The first-order valence-electron chi connectivity index (χ1n) is 5.78. The highest BCUT2D eigenvalue weighted by Crippen LogP contribution is 2.24. The number of ether oxygens (including phenoxy) is 1. The zero-order chi connectivity index (χ0) is 16.3. The van der Waals surface area contributed by atoms with E-state index in [4.69, 9.17) is 4.74 Å². The Morgan fingerprint density at radius 3 is 2.50 bits per heavy atom. The van der Waals surface area contributed by atoms with Gasteiger partial charge < -0.3 is 4.74 Å². The minimum atomic E-state index is -1.19. The molecule has 0 amide bonds. The molecule has 1 aromatic carbocycles. The Morgan fingerprint density at radius 1 is 1.18 bits per heavy atom. The Labute approximate surface area is 126 Å². The number of carbonyl (C=O) groups excluding carboxylic acids is 2. The molecular weight excluding hydrogens is 320 g/mol. The number of hydrogen-bond acceptors (Lipinski definition) is 6. The van der Waals surface area contributed by atoms with Gasteiger partial charge in [-0.1, -0.05) is 11.3 Å². The lowest BCUT2D eigenvalue weighted by molar-refractivity contribution is -0.380. The number of thiophene rings is 1. The van der Waals surface area contributed by atoms with E-state index < -0.39 is 34.9 Å². The Morgan fingerprint density at radius 2 is 1.91 bits per heavy atom. The van der Waals surface area contributed by atoms with Crippen LogP contribution >= 0.6 is 11.3 Å². The van der Waals surface area contributed by atoms with Gasteiger partial charge in [0.25, 0.3) is 0 Å². The summed E-state index contributed by atoms with van der Waals surface area (Å²) >= 11 is 0.606. The number of ketones is 1. The summed E-state index contributed by atoms with van der Waals surface area (Å²) in [5.74, 6) is -3.92. The summed E-state index contributed by atoms with van der Waals surface area (Å²) in [5.41, 5.74) is -0.149. The van der Waals surface area contributed by atoms with Crippen molar-refractivity contribution in [3.05, 3.63) is 62.5 Å². The lowest BCUT2D eigenvalue weighted by atomic mass is 10.1. The molecule has 0 fully saturated rings. The predicted molar refractivity (Wildman–Crippen MR) is 71.9 cm³/mol. The molecule has 0 aliphatic rings. The van der Waals surface area contributed by atoms with Crippen LogP contribution < -0.4 is 0 Å². The third kappa shape index (κ3) is 3.50. The zero-order valence-corrected chi connectivity index (χ0v) is 11.6. The molecule has 22 heavy (non-hydrogen) atoms. The first-order chi connectivity index (χ1) is 10.4. The van der Waals surface area contributed by atoms with Crippen LogP contribution in [0.1, 0.15) is 20.0 Å². The van der Waals surface area contributed by atoms with E-state index in [2.05, 4.69) is 0 Å². The van der Waals surface area contributed by atoms with Crippen molar-refractivity contribution in [3.63, 3.8) is 0 Å². The Bertz CT molecular complexity index is 759. The largest absolute Gasteiger partial charge is 0.453 e. The SMILES string of the molecule is O=C(COC(=O)c1ccc([N+](=O)[O-])s1)c1ccc(F)c(F)c1. The van der Waals surface area contributed by atoms with Gasteiger partial charge in [0, 0.05) is 11.6 Å². The van der Waals surface area contributed by atoms with Crippen LogP contribution in [0.15, 0.2) is 30.3 Å². The molecule has 0 spiro atoms. The maximum absolute atomic E-state index is 13.0. The maximum atomic E-state index is 13.0. The number of halogens is 2. The first kappa shape index (κ1) is 15.7. The van der Waals surface area contributed by atoms with Gasteiger partial charge in [-0.15, -0.1) is 0 Å². The zero-order valence-electron chi connectivity index (χ0n) is 10.7. The summed E-state index contributed by atoms with van der Waals surface area (Å²) < 4.78 is 30.4. The van der Waals surface area contributed by atoms with Gasteiger partial charge in [-0.2, -0.15) is 0 Å². The second-order valence-electron chi connectivity index (χ2n) is 4.02. The van der Waals surface area contributed by atoms with Gasteiger partial charge in [0.2, 0.25) is 0 Å². The highest BCUT2D eigenvalue weighted by molar-refractivity contribution is 7.17. The van der Waals surface area contributed by atoms with E-state index in [-0.39, 0.29) is 15.4 Å². The normalized spacial score (nSPS) is 10.3. The van der Waals surface area contributed by atoms with Crippen molar-refractivity contribution in [2.75, 3.05) is 6.61 Å². The monoisotopic (exact) mass is 327 g/mol. The van der Waals surface area contributed by atoms with E-state index in [0.29, 0.717) is 17.4 Å². The highest BCUT2D eigenvalue weighted by Gasteiger charge is 2.18. The van der Waals surface area contributed by atoms with E-state index in [0.717, 1.165) is 18.2 Å². The molecule has 0 atom stereocenters. The summed E-state index contributed by atoms with van der Waals surface area (Å²) in [6.45, 7) is -0.685. The topological polar surface area (TPSA) is 86.5 Å². The number of nitro groups is 1. The van der Waals surface area contributed by atoms with Crippen LogP contribution in [0.2, 0.25) is 0 Å². The summed E-state index contributed by atoms with van der Waals surface area (Å²) in [5, 5.41) is 10.3. The van der Waals surface area contributed by atoms with Crippen LogP contribution in [-0.4, -0.2) is 23.3 Å². The van der Waals surface area contributed by atoms with Crippen molar-refractivity contribution in [1.82, 2.24) is 0 Å². The van der Waals surface area contributed by atoms with Gasteiger partial charge in [-0.3, -0.25) is 14.9 Å². The van der Waals surface area contributed by atoms with E-state index in [1.807, 2.05) is 0 Å². The van der Waals surface area contributed by atoms with E-state index in [1.165, 1.54) is 6.07 Å². The van der Waals surface area contributed by atoms with Crippen LogP contribution in [0.4, 0.5) is 13.8 Å². The minimum Gasteiger partial charge on any atom is -0.453 e. The molecule has 1 heterocycles. The molecule has 0 saturated heterocycles. The smallest absolute Gasteiger partial charge is 0.349 e. The van der Waals surface area contributed by atoms with Crippen LogP contribution in [0, 0.1) is 21.7 Å². The molecule has 0 unspecified atom stereocenters. The molecule has 2 aromatic rings. The van der Waals surface area contributed by atoms with Crippen molar-refractivity contribution in [2.45, 2.75) is 0 Å². The van der Waals surface area contributed by atoms with E-state index >= 15 is 0 Å². The average molecular weight is 327 g/mol. The van der Waals surface area contributed by atoms with Crippen molar-refractivity contribution < 1.29 is 28.0 Å². The number of benzene rings is 1. The van der Waals surface area contributed by atoms with Gasteiger partial charge in [0.15, 0.2) is 24.0 Å².